The second-order valence-electron chi connectivity index (χ2n) is 5.18. The molecule has 0 amide bonds. The van der Waals surface area contributed by atoms with E-state index in [1.165, 1.54) is 11.8 Å². The van der Waals surface area contributed by atoms with Crippen LogP contribution in [0.25, 0.3) is 11.3 Å². The largest absolute Gasteiger partial charge is 0.496 e. The summed E-state index contributed by atoms with van der Waals surface area (Å²) in [6.45, 7) is 0.678. The monoisotopic (exact) mass is 330 g/mol. The molecule has 6 nitrogen and oxygen atoms in total. The summed E-state index contributed by atoms with van der Waals surface area (Å²) < 4.78 is 5.38. The summed E-state index contributed by atoms with van der Waals surface area (Å²) in [6.07, 6.45) is 1.82. The fraction of sp³-hybridized carbons (Fsp3) is 0.312. The Bertz CT molecular complexity index is 809. The lowest BCUT2D eigenvalue weighted by atomic mass is 10.0. The number of ether oxygens (including phenoxy) is 1. The number of H-pyrrole nitrogens is 1. The lowest BCUT2D eigenvalue weighted by Gasteiger charge is -2.15. The molecule has 1 aromatic carbocycles. The SMILES string of the molecule is COc1ccc(-c2nc(SC)[nH]c(=O)c2C#N)cc1CN(C)C. The summed E-state index contributed by atoms with van der Waals surface area (Å²) in [6, 6.07) is 7.49. The van der Waals surface area contributed by atoms with Crippen molar-refractivity contribution in [2.45, 2.75) is 11.7 Å². The molecule has 120 valence electrons. The van der Waals surface area contributed by atoms with Gasteiger partial charge in [0, 0.05) is 17.7 Å². The lowest BCUT2D eigenvalue weighted by Crippen LogP contribution is -2.15. The van der Waals surface area contributed by atoms with Gasteiger partial charge < -0.3 is 14.6 Å². The van der Waals surface area contributed by atoms with Gasteiger partial charge >= 0.3 is 0 Å². The number of aromatic nitrogens is 2. The normalized spacial score (nSPS) is 10.6. The Kier molecular flexibility index (Phi) is 5.42. The van der Waals surface area contributed by atoms with E-state index in [1.807, 2.05) is 49.5 Å². The molecule has 1 N–H and O–H groups in total. The van der Waals surface area contributed by atoms with Crippen LogP contribution in [0.15, 0.2) is 28.2 Å². The summed E-state index contributed by atoms with van der Waals surface area (Å²) in [5, 5.41) is 9.77. The smallest absolute Gasteiger partial charge is 0.270 e. The van der Waals surface area contributed by atoms with Gasteiger partial charge in [0.2, 0.25) is 0 Å². The number of nitriles is 1. The third kappa shape index (κ3) is 3.73. The van der Waals surface area contributed by atoms with Crippen molar-refractivity contribution in [3.05, 3.63) is 39.7 Å². The van der Waals surface area contributed by atoms with Crippen LogP contribution in [0.1, 0.15) is 11.1 Å². The van der Waals surface area contributed by atoms with Crippen molar-refractivity contribution >= 4 is 11.8 Å². The third-order valence-corrected chi connectivity index (χ3v) is 3.82. The third-order valence-electron chi connectivity index (χ3n) is 3.24. The molecule has 0 fully saturated rings. The molecular weight excluding hydrogens is 312 g/mol. The standard InChI is InChI=1S/C16H18N4O2S/c1-20(2)9-11-7-10(5-6-13(11)22-3)14-12(8-17)15(21)19-16(18-14)23-4/h5-7H,9H2,1-4H3,(H,18,19,21). The first kappa shape index (κ1) is 17.1. The highest BCUT2D eigenvalue weighted by Crippen LogP contribution is 2.28. The van der Waals surface area contributed by atoms with Crippen molar-refractivity contribution in [3.63, 3.8) is 0 Å². The molecule has 0 saturated heterocycles. The first-order valence-corrected chi connectivity index (χ1v) is 8.13. The van der Waals surface area contributed by atoms with E-state index >= 15 is 0 Å². The molecule has 0 aliphatic heterocycles. The fourth-order valence-electron chi connectivity index (χ4n) is 2.25. The van der Waals surface area contributed by atoms with Gasteiger partial charge in [-0.2, -0.15) is 5.26 Å². The molecule has 7 heteroatoms. The van der Waals surface area contributed by atoms with Crippen molar-refractivity contribution in [2.24, 2.45) is 0 Å². The molecule has 0 unspecified atom stereocenters. The van der Waals surface area contributed by atoms with Crippen LogP contribution in [-0.4, -0.2) is 42.3 Å². The maximum absolute atomic E-state index is 12.0. The number of aromatic amines is 1. The van der Waals surface area contributed by atoms with E-state index in [0.29, 0.717) is 17.4 Å². The van der Waals surface area contributed by atoms with E-state index in [1.54, 1.807) is 7.11 Å². The molecule has 0 spiro atoms. The second kappa shape index (κ2) is 7.31. The minimum absolute atomic E-state index is 0.0174. The number of benzene rings is 1. The Hall–Kier alpha value is -2.30. The van der Waals surface area contributed by atoms with Crippen LogP contribution in [0.5, 0.6) is 5.75 Å². The van der Waals surface area contributed by atoms with Crippen molar-refractivity contribution < 1.29 is 4.74 Å². The maximum Gasteiger partial charge on any atom is 0.270 e. The zero-order chi connectivity index (χ0) is 17.0. The molecule has 2 aromatic rings. The summed E-state index contributed by atoms with van der Waals surface area (Å²) in [7, 11) is 5.54. The van der Waals surface area contributed by atoms with E-state index in [-0.39, 0.29) is 5.56 Å². The van der Waals surface area contributed by atoms with Gasteiger partial charge in [-0.1, -0.05) is 11.8 Å². The molecule has 0 atom stereocenters. The Morgan fingerprint density at radius 3 is 2.74 bits per heavy atom. The maximum atomic E-state index is 12.0. The Morgan fingerprint density at radius 1 is 1.43 bits per heavy atom. The Morgan fingerprint density at radius 2 is 2.17 bits per heavy atom. The Labute approximate surface area is 139 Å². The van der Waals surface area contributed by atoms with Crippen LogP contribution >= 0.6 is 11.8 Å². The van der Waals surface area contributed by atoms with Gasteiger partial charge in [-0.05, 0) is 38.6 Å². The zero-order valence-electron chi connectivity index (χ0n) is 13.5. The average Bonchev–Trinajstić information content (AvgIpc) is 2.53. The van der Waals surface area contributed by atoms with E-state index in [9.17, 15) is 10.1 Å². The zero-order valence-corrected chi connectivity index (χ0v) is 14.3. The molecule has 2 rings (SSSR count). The van der Waals surface area contributed by atoms with Crippen molar-refractivity contribution in [1.29, 1.82) is 5.26 Å². The van der Waals surface area contributed by atoms with Gasteiger partial charge in [0.05, 0.1) is 12.8 Å². The highest BCUT2D eigenvalue weighted by Gasteiger charge is 2.15. The molecular formula is C16H18N4O2S. The molecule has 0 radical (unpaired) electrons. The summed E-state index contributed by atoms with van der Waals surface area (Å²) in [5.74, 6) is 0.760. The van der Waals surface area contributed by atoms with Crippen molar-refractivity contribution in [1.82, 2.24) is 14.9 Å². The number of rotatable bonds is 5. The number of hydrogen-bond donors (Lipinski definition) is 1. The van der Waals surface area contributed by atoms with Gasteiger partial charge in [0.1, 0.15) is 17.4 Å². The molecule has 0 aliphatic carbocycles. The van der Waals surface area contributed by atoms with Crippen LogP contribution < -0.4 is 10.3 Å². The van der Waals surface area contributed by atoms with Crippen LogP contribution in [0.4, 0.5) is 0 Å². The second-order valence-corrected chi connectivity index (χ2v) is 5.97. The summed E-state index contributed by atoms with van der Waals surface area (Å²) >= 11 is 1.32. The van der Waals surface area contributed by atoms with Gasteiger partial charge in [-0.3, -0.25) is 4.79 Å². The molecule has 1 aromatic heterocycles. The number of hydrogen-bond acceptors (Lipinski definition) is 6. The molecule has 23 heavy (non-hydrogen) atoms. The van der Waals surface area contributed by atoms with Gasteiger partial charge in [-0.25, -0.2) is 4.98 Å². The van der Waals surface area contributed by atoms with E-state index in [0.717, 1.165) is 16.9 Å². The highest BCUT2D eigenvalue weighted by atomic mass is 32.2. The fourth-order valence-corrected chi connectivity index (χ4v) is 2.63. The minimum atomic E-state index is -0.424. The lowest BCUT2D eigenvalue weighted by molar-refractivity contribution is 0.372. The van der Waals surface area contributed by atoms with Gasteiger partial charge in [-0.15, -0.1) is 0 Å². The van der Waals surface area contributed by atoms with Crippen LogP contribution in [0.3, 0.4) is 0 Å². The first-order chi connectivity index (χ1) is 11.0. The number of thioether (sulfide) groups is 1. The average molecular weight is 330 g/mol. The predicted octanol–water partition coefficient (Wildman–Crippen LogP) is 2.10. The number of nitrogens with zero attached hydrogens (tertiary/aromatic N) is 3. The first-order valence-electron chi connectivity index (χ1n) is 6.90. The van der Waals surface area contributed by atoms with E-state index in [4.69, 9.17) is 4.74 Å². The van der Waals surface area contributed by atoms with E-state index in [2.05, 4.69) is 9.97 Å². The molecule has 0 bridgehead atoms. The van der Waals surface area contributed by atoms with Crippen LogP contribution in [-0.2, 0) is 6.54 Å². The summed E-state index contributed by atoms with van der Waals surface area (Å²) in [5.41, 5.74) is 1.67. The Balaban J connectivity index is 2.65. The number of methoxy groups -OCH3 is 1. The van der Waals surface area contributed by atoms with E-state index < -0.39 is 5.56 Å². The van der Waals surface area contributed by atoms with Crippen molar-refractivity contribution in [3.8, 4) is 23.1 Å². The van der Waals surface area contributed by atoms with Crippen LogP contribution in [0, 0.1) is 11.3 Å². The van der Waals surface area contributed by atoms with Gasteiger partial charge in [0.25, 0.3) is 5.56 Å². The topological polar surface area (TPSA) is 82.0 Å². The predicted molar refractivity (Wildman–Crippen MR) is 90.7 cm³/mol. The van der Waals surface area contributed by atoms with Gasteiger partial charge in [0.15, 0.2) is 5.16 Å². The molecule has 1 heterocycles. The highest BCUT2D eigenvalue weighted by molar-refractivity contribution is 7.98. The minimum Gasteiger partial charge on any atom is -0.496 e. The van der Waals surface area contributed by atoms with Crippen molar-refractivity contribution in [2.75, 3.05) is 27.5 Å². The quantitative estimate of drug-likeness (QED) is 0.668. The number of nitrogens with one attached hydrogen (secondary N) is 1. The summed E-state index contributed by atoms with van der Waals surface area (Å²) in [4.78, 5) is 21.1. The van der Waals surface area contributed by atoms with Crippen LogP contribution in [0.2, 0.25) is 0 Å². The molecule has 0 aliphatic rings. The molecule has 0 saturated carbocycles.